The Kier molecular flexibility index (Phi) is 5.43. The average molecular weight is 414 g/mol. The van der Waals surface area contributed by atoms with Crippen molar-refractivity contribution in [3.63, 3.8) is 0 Å². The maximum atomic E-state index is 12.2. The molecule has 0 spiro atoms. The molecule has 0 bridgehead atoms. The van der Waals surface area contributed by atoms with E-state index in [1.165, 1.54) is 11.8 Å². The number of methoxy groups -OCH3 is 1. The molecule has 0 saturated heterocycles. The van der Waals surface area contributed by atoms with E-state index in [1.54, 1.807) is 25.3 Å². The molecule has 0 radical (unpaired) electrons. The van der Waals surface area contributed by atoms with Gasteiger partial charge in [0.05, 0.1) is 23.9 Å². The molecule has 9 nitrogen and oxygen atoms in total. The molecule has 1 aliphatic heterocycles. The Bertz CT molecular complexity index is 1050. The summed E-state index contributed by atoms with van der Waals surface area (Å²) >= 11 is 1.22. The highest BCUT2D eigenvalue weighted by atomic mass is 32.2. The van der Waals surface area contributed by atoms with Crippen LogP contribution in [0.5, 0.6) is 17.2 Å². The average Bonchev–Trinajstić information content (AvgIpc) is 3.17. The lowest BCUT2D eigenvalue weighted by atomic mass is 10.2. The molecule has 29 heavy (non-hydrogen) atoms. The number of nitrogens with zero attached hydrogens (tertiary/aromatic N) is 1. The second-order valence-corrected chi connectivity index (χ2v) is 7.08. The van der Waals surface area contributed by atoms with E-state index in [9.17, 15) is 9.59 Å². The quantitative estimate of drug-likeness (QED) is 0.430. The van der Waals surface area contributed by atoms with E-state index in [0.717, 1.165) is 16.8 Å². The Balaban J connectivity index is 1.25. The molecule has 2 aromatic carbocycles. The summed E-state index contributed by atoms with van der Waals surface area (Å²) in [4.78, 5) is 31.8. The number of amides is 2. The smallest absolute Gasteiger partial charge is 0.283 e. The number of aromatic nitrogens is 2. The van der Waals surface area contributed by atoms with Gasteiger partial charge in [0.1, 0.15) is 12.4 Å². The standard InChI is InChI=1S/C19H18N4O5S/c1-26-11-6-7-12-13(8-11)21-19(20-12)29-10-17(24)22-23-18(25)16-9-27-14-4-2-3-5-15(14)28-16/h2-8,16H,9-10H2,1H3,(H,20,21)(H,22,24)(H,23,25)/t16-/m0/s1. The van der Waals surface area contributed by atoms with Crippen molar-refractivity contribution in [2.24, 2.45) is 0 Å². The molecule has 1 aromatic heterocycles. The molecular formula is C19H18N4O5S. The number of thioether (sulfide) groups is 1. The van der Waals surface area contributed by atoms with Gasteiger partial charge in [0.25, 0.3) is 5.91 Å². The first-order valence-corrected chi connectivity index (χ1v) is 9.74. The number of para-hydroxylation sites is 2. The number of benzene rings is 2. The molecule has 0 aliphatic carbocycles. The number of fused-ring (bicyclic) bond motifs is 2. The third-order valence-corrected chi connectivity index (χ3v) is 5.01. The molecule has 1 atom stereocenters. The predicted octanol–water partition coefficient (Wildman–Crippen LogP) is 1.65. The maximum absolute atomic E-state index is 12.2. The lowest BCUT2D eigenvalue weighted by molar-refractivity contribution is -0.134. The molecule has 0 fully saturated rings. The first-order chi connectivity index (χ1) is 14.1. The topological polar surface area (TPSA) is 115 Å². The third-order valence-electron chi connectivity index (χ3n) is 4.13. The third kappa shape index (κ3) is 4.37. The number of nitrogens with one attached hydrogen (secondary N) is 3. The zero-order valence-corrected chi connectivity index (χ0v) is 16.2. The molecule has 0 saturated carbocycles. The molecule has 0 unspecified atom stereocenters. The summed E-state index contributed by atoms with van der Waals surface area (Å²) in [7, 11) is 1.59. The second kappa shape index (κ2) is 8.31. The van der Waals surface area contributed by atoms with Crippen LogP contribution >= 0.6 is 11.8 Å². The minimum absolute atomic E-state index is 0.0654. The van der Waals surface area contributed by atoms with Crippen LogP contribution in [-0.2, 0) is 9.59 Å². The Morgan fingerprint density at radius 1 is 1.24 bits per heavy atom. The summed E-state index contributed by atoms with van der Waals surface area (Å²) < 4.78 is 16.3. The largest absolute Gasteiger partial charge is 0.497 e. The van der Waals surface area contributed by atoms with Gasteiger partial charge in [-0.25, -0.2) is 4.98 Å². The molecule has 2 heterocycles. The SMILES string of the molecule is COc1ccc2nc(SCC(=O)NNC(=O)[C@@H]3COc4ccccc4O3)[nH]c2c1. The Labute approximate surface area is 170 Å². The van der Waals surface area contributed by atoms with Gasteiger partial charge in [-0.3, -0.25) is 20.4 Å². The number of carbonyl (C=O) groups is 2. The van der Waals surface area contributed by atoms with Gasteiger partial charge in [0.2, 0.25) is 12.0 Å². The van der Waals surface area contributed by atoms with Gasteiger partial charge in [-0.1, -0.05) is 23.9 Å². The van der Waals surface area contributed by atoms with E-state index >= 15 is 0 Å². The number of imidazole rings is 1. The number of hydrogen-bond acceptors (Lipinski definition) is 7. The van der Waals surface area contributed by atoms with Crippen LogP contribution in [0.3, 0.4) is 0 Å². The van der Waals surface area contributed by atoms with Gasteiger partial charge >= 0.3 is 0 Å². The molecule has 4 rings (SSSR count). The number of aromatic amines is 1. The fourth-order valence-electron chi connectivity index (χ4n) is 2.69. The lowest BCUT2D eigenvalue weighted by Crippen LogP contribution is -2.51. The van der Waals surface area contributed by atoms with Crippen molar-refractivity contribution < 1.29 is 23.8 Å². The Hall–Kier alpha value is -3.40. The minimum Gasteiger partial charge on any atom is -0.497 e. The lowest BCUT2D eigenvalue weighted by Gasteiger charge is -2.25. The Morgan fingerprint density at radius 2 is 2.07 bits per heavy atom. The maximum Gasteiger partial charge on any atom is 0.283 e. The van der Waals surface area contributed by atoms with Crippen molar-refractivity contribution >= 4 is 34.6 Å². The van der Waals surface area contributed by atoms with E-state index in [0.29, 0.717) is 16.7 Å². The first-order valence-electron chi connectivity index (χ1n) is 8.76. The van der Waals surface area contributed by atoms with E-state index < -0.39 is 12.0 Å². The number of rotatable bonds is 5. The molecule has 3 aromatic rings. The summed E-state index contributed by atoms with van der Waals surface area (Å²) in [6.07, 6.45) is -0.844. The van der Waals surface area contributed by atoms with Gasteiger partial charge in [-0.2, -0.15) is 0 Å². The normalized spacial score (nSPS) is 15.0. The van der Waals surface area contributed by atoms with Crippen LogP contribution < -0.4 is 25.1 Å². The zero-order valence-electron chi connectivity index (χ0n) is 15.4. The van der Waals surface area contributed by atoms with E-state index in [4.69, 9.17) is 14.2 Å². The molecule has 10 heteroatoms. The van der Waals surface area contributed by atoms with Crippen molar-refractivity contribution in [3.05, 3.63) is 42.5 Å². The van der Waals surface area contributed by atoms with Gasteiger partial charge in [-0.05, 0) is 24.3 Å². The van der Waals surface area contributed by atoms with Gasteiger partial charge in [-0.15, -0.1) is 0 Å². The van der Waals surface area contributed by atoms with Crippen LogP contribution in [0.1, 0.15) is 0 Å². The number of carbonyl (C=O) groups excluding carboxylic acids is 2. The van der Waals surface area contributed by atoms with Crippen LogP contribution in [-0.4, -0.2) is 47.4 Å². The van der Waals surface area contributed by atoms with Gasteiger partial charge in [0.15, 0.2) is 16.7 Å². The van der Waals surface area contributed by atoms with E-state index in [1.807, 2.05) is 24.3 Å². The van der Waals surface area contributed by atoms with Gasteiger partial charge in [0, 0.05) is 6.07 Å². The summed E-state index contributed by atoms with van der Waals surface area (Å²) in [5.74, 6) is 0.992. The summed E-state index contributed by atoms with van der Waals surface area (Å²) in [6, 6.07) is 12.6. The van der Waals surface area contributed by atoms with Crippen molar-refractivity contribution in [3.8, 4) is 17.2 Å². The fraction of sp³-hybridized carbons (Fsp3) is 0.211. The van der Waals surface area contributed by atoms with Crippen molar-refractivity contribution in [1.29, 1.82) is 0 Å². The van der Waals surface area contributed by atoms with Crippen LogP contribution in [0.2, 0.25) is 0 Å². The zero-order chi connectivity index (χ0) is 20.2. The summed E-state index contributed by atoms with van der Waals surface area (Å²) in [5, 5.41) is 0.593. The van der Waals surface area contributed by atoms with Crippen LogP contribution in [0.25, 0.3) is 11.0 Å². The van der Waals surface area contributed by atoms with Crippen molar-refractivity contribution in [2.75, 3.05) is 19.5 Å². The van der Waals surface area contributed by atoms with Crippen LogP contribution in [0.15, 0.2) is 47.6 Å². The molecule has 150 valence electrons. The minimum atomic E-state index is -0.844. The van der Waals surface area contributed by atoms with Crippen LogP contribution in [0, 0.1) is 0 Å². The van der Waals surface area contributed by atoms with Crippen molar-refractivity contribution in [1.82, 2.24) is 20.8 Å². The predicted molar refractivity (Wildman–Crippen MR) is 106 cm³/mol. The first kappa shape index (κ1) is 18.9. The van der Waals surface area contributed by atoms with Crippen molar-refractivity contribution in [2.45, 2.75) is 11.3 Å². The van der Waals surface area contributed by atoms with E-state index in [2.05, 4.69) is 20.8 Å². The molecule has 1 aliphatic rings. The Morgan fingerprint density at radius 3 is 2.90 bits per heavy atom. The molecule has 3 N–H and O–H groups in total. The molecule has 2 amide bonds. The van der Waals surface area contributed by atoms with E-state index in [-0.39, 0.29) is 18.3 Å². The fourth-order valence-corrected chi connectivity index (χ4v) is 3.38. The molecular weight excluding hydrogens is 396 g/mol. The summed E-state index contributed by atoms with van der Waals surface area (Å²) in [6.45, 7) is 0.0654. The highest BCUT2D eigenvalue weighted by molar-refractivity contribution is 7.99. The highest BCUT2D eigenvalue weighted by Crippen LogP contribution is 2.30. The number of H-pyrrole nitrogens is 1. The monoisotopic (exact) mass is 414 g/mol. The number of ether oxygens (including phenoxy) is 3. The highest BCUT2D eigenvalue weighted by Gasteiger charge is 2.27. The second-order valence-electron chi connectivity index (χ2n) is 6.12. The summed E-state index contributed by atoms with van der Waals surface area (Å²) in [5.41, 5.74) is 6.32. The number of hydrogen-bond donors (Lipinski definition) is 3. The van der Waals surface area contributed by atoms with Gasteiger partial charge < -0.3 is 19.2 Å². The van der Waals surface area contributed by atoms with Crippen LogP contribution in [0.4, 0.5) is 0 Å². The number of hydrazine groups is 1.